The fourth-order valence-electron chi connectivity index (χ4n) is 1.20. The molecule has 0 unspecified atom stereocenters. The number of carbonyl (C=O) groups is 1. The number of nitrogens with one attached hydrogen (secondary N) is 1. The van der Waals surface area contributed by atoms with Gasteiger partial charge in [-0.2, -0.15) is 0 Å². The third-order valence-electron chi connectivity index (χ3n) is 1.76. The Kier molecular flexibility index (Phi) is 4.04. The number of ether oxygens (including phenoxy) is 1. The highest BCUT2D eigenvalue weighted by Crippen LogP contribution is 2.09. The summed E-state index contributed by atoms with van der Waals surface area (Å²) >= 11 is 0. The summed E-state index contributed by atoms with van der Waals surface area (Å²) in [6, 6.07) is 3.08. The summed E-state index contributed by atoms with van der Waals surface area (Å²) < 4.78 is 30.7. The SMILES string of the molecule is CC(C)(C)OC(=O)NCc1cc(F)cc(F)c1. The molecule has 1 N–H and O–H groups in total. The zero-order valence-corrected chi connectivity index (χ0v) is 10.0. The Morgan fingerprint density at radius 2 is 1.76 bits per heavy atom. The Morgan fingerprint density at radius 3 is 2.24 bits per heavy atom. The lowest BCUT2D eigenvalue weighted by molar-refractivity contribution is 0.0523. The van der Waals surface area contributed by atoms with E-state index in [1.165, 1.54) is 0 Å². The lowest BCUT2D eigenvalue weighted by Crippen LogP contribution is -2.32. The quantitative estimate of drug-likeness (QED) is 0.867. The van der Waals surface area contributed by atoms with Crippen molar-refractivity contribution >= 4 is 6.09 Å². The molecule has 1 rings (SSSR count). The van der Waals surface area contributed by atoms with E-state index in [-0.39, 0.29) is 6.54 Å². The number of amides is 1. The molecular formula is C12H15F2NO2. The van der Waals surface area contributed by atoms with Crippen LogP contribution in [-0.4, -0.2) is 11.7 Å². The van der Waals surface area contributed by atoms with E-state index >= 15 is 0 Å². The summed E-state index contributed by atoms with van der Waals surface area (Å²) in [7, 11) is 0. The van der Waals surface area contributed by atoms with Crippen LogP contribution in [0.3, 0.4) is 0 Å². The summed E-state index contributed by atoms with van der Waals surface area (Å²) in [5.41, 5.74) is -0.259. The van der Waals surface area contributed by atoms with E-state index in [9.17, 15) is 13.6 Å². The number of carbonyl (C=O) groups excluding carboxylic acids is 1. The van der Waals surface area contributed by atoms with Gasteiger partial charge >= 0.3 is 6.09 Å². The third-order valence-corrected chi connectivity index (χ3v) is 1.76. The number of alkyl carbamates (subject to hydrolysis) is 1. The van der Waals surface area contributed by atoms with Crippen molar-refractivity contribution in [2.24, 2.45) is 0 Å². The standard InChI is InChI=1S/C12H15F2NO2/c1-12(2,3)17-11(16)15-7-8-4-9(13)6-10(14)5-8/h4-6H,7H2,1-3H3,(H,15,16). The van der Waals surface area contributed by atoms with Gasteiger partial charge in [-0.3, -0.25) is 0 Å². The Labute approximate surface area is 98.8 Å². The van der Waals surface area contributed by atoms with E-state index in [0.29, 0.717) is 5.56 Å². The zero-order valence-electron chi connectivity index (χ0n) is 10.0. The van der Waals surface area contributed by atoms with Crippen molar-refractivity contribution in [3.8, 4) is 0 Å². The van der Waals surface area contributed by atoms with Gasteiger partial charge in [-0.05, 0) is 38.5 Å². The van der Waals surface area contributed by atoms with Crippen LogP contribution in [0.2, 0.25) is 0 Å². The molecule has 1 aromatic carbocycles. The average molecular weight is 243 g/mol. The first kappa shape index (κ1) is 13.4. The van der Waals surface area contributed by atoms with Crippen molar-refractivity contribution in [2.45, 2.75) is 32.9 Å². The molecule has 0 saturated heterocycles. The number of hydrogen-bond acceptors (Lipinski definition) is 2. The molecule has 94 valence electrons. The Hall–Kier alpha value is -1.65. The van der Waals surface area contributed by atoms with Gasteiger partial charge in [0.1, 0.15) is 17.2 Å². The lowest BCUT2D eigenvalue weighted by atomic mass is 10.2. The molecule has 0 atom stereocenters. The first-order chi connectivity index (χ1) is 7.76. The Balaban J connectivity index is 2.53. The highest BCUT2D eigenvalue weighted by Gasteiger charge is 2.15. The van der Waals surface area contributed by atoms with Crippen molar-refractivity contribution in [1.29, 1.82) is 0 Å². The fraction of sp³-hybridized carbons (Fsp3) is 0.417. The summed E-state index contributed by atoms with van der Waals surface area (Å²) in [6.07, 6.45) is -0.623. The van der Waals surface area contributed by atoms with Gasteiger partial charge in [-0.15, -0.1) is 0 Å². The van der Waals surface area contributed by atoms with Crippen LogP contribution in [0.15, 0.2) is 18.2 Å². The molecule has 0 aromatic heterocycles. The number of hydrogen-bond donors (Lipinski definition) is 1. The van der Waals surface area contributed by atoms with E-state index in [4.69, 9.17) is 4.74 Å². The minimum atomic E-state index is -0.675. The highest BCUT2D eigenvalue weighted by atomic mass is 19.1. The topological polar surface area (TPSA) is 38.3 Å². The van der Waals surface area contributed by atoms with Crippen LogP contribution in [0.1, 0.15) is 26.3 Å². The molecule has 5 heteroatoms. The minimum absolute atomic E-state index is 0.0175. The lowest BCUT2D eigenvalue weighted by Gasteiger charge is -2.19. The van der Waals surface area contributed by atoms with Crippen LogP contribution < -0.4 is 5.32 Å². The average Bonchev–Trinajstić information content (AvgIpc) is 2.10. The second-order valence-corrected chi connectivity index (χ2v) is 4.63. The maximum absolute atomic E-state index is 12.8. The van der Waals surface area contributed by atoms with Gasteiger partial charge in [0.25, 0.3) is 0 Å². The summed E-state index contributed by atoms with van der Waals surface area (Å²) in [5, 5.41) is 2.42. The minimum Gasteiger partial charge on any atom is -0.444 e. The van der Waals surface area contributed by atoms with Gasteiger partial charge in [0, 0.05) is 12.6 Å². The van der Waals surface area contributed by atoms with E-state index in [0.717, 1.165) is 18.2 Å². The second-order valence-electron chi connectivity index (χ2n) is 4.63. The van der Waals surface area contributed by atoms with Gasteiger partial charge in [0.05, 0.1) is 0 Å². The Bertz CT molecular complexity index is 393. The Morgan fingerprint density at radius 1 is 1.24 bits per heavy atom. The van der Waals surface area contributed by atoms with Crippen molar-refractivity contribution in [3.05, 3.63) is 35.4 Å². The molecule has 0 heterocycles. The van der Waals surface area contributed by atoms with Crippen molar-refractivity contribution in [1.82, 2.24) is 5.32 Å². The zero-order chi connectivity index (χ0) is 13.1. The van der Waals surface area contributed by atoms with Gasteiger partial charge in [-0.25, -0.2) is 13.6 Å². The van der Waals surface area contributed by atoms with Gasteiger partial charge in [0.2, 0.25) is 0 Å². The molecule has 1 aromatic rings. The summed E-state index contributed by atoms with van der Waals surface area (Å²) in [4.78, 5) is 11.3. The highest BCUT2D eigenvalue weighted by molar-refractivity contribution is 5.67. The number of rotatable bonds is 2. The fourth-order valence-corrected chi connectivity index (χ4v) is 1.20. The predicted octanol–water partition coefficient (Wildman–Crippen LogP) is 2.99. The molecule has 3 nitrogen and oxygen atoms in total. The van der Waals surface area contributed by atoms with Crippen LogP contribution in [0, 0.1) is 11.6 Å². The number of benzene rings is 1. The van der Waals surface area contributed by atoms with E-state index in [1.54, 1.807) is 20.8 Å². The van der Waals surface area contributed by atoms with Crippen LogP contribution in [0.25, 0.3) is 0 Å². The van der Waals surface area contributed by atoms with Crippen LogP contribution in [0.4, 0.5) is 13.6 Å². The monoisotopic (exact) mass is 243 g/mol. The molecule has 0 aliphatic rings. The smallest absolute Gasteiger partial charge is 0.407 e. The van der Waals surface area contributed by atoms with Gasteiger partial charge in [-0.1, -0.05) is 0 Å². The van der Waals surface area contributed by atoms with Gasteiger partial charge < -0.3 is 10.1 Å². The van der Waals surface area contributed by atoms with Crippen molar-refractivity contribution in [2.75, 3.05) is 0 Å². The molecule has 0 fully saturated rings. The van der Waals surface area contributed by atoms with Crippen molar-refractivity contribution < 1.29 is 18.3 Å². The second kappa shape index (κ2) is 5.12. The first-order valence-electron chi connectivity index (χ1n) is 5.18. The first-order valence-corrected chi connectivity index (χ1v) is 5.18. The largest absolute Gasteiger partial charge is 0.444 e. The molecule has 0 bridgehead atoms. The molecule has 17 heavy (non-hydrogen) atoms. The molecule has 0 radical (unpaired) electrons. The van der Waals surface area contributed by atoms with Crippen LogP contribution in [-0.2, 0) is 11.3 Å². The normalized spacial score (nSPS) is 11.1. The molecule has 0 spiro atoms. The van der Waals surface area contributed by atoms with E-state index in [1.807, 2.05) is 0 Å². The molecule has 1 amide bonds. The van der Waals surface area contributed by atoms with E-state index in [2.05, 4.69) is 5.32 Å². The van der Waals surface area contributed by atoms with Crippen LogP contribution >= 0.6 is 0 Å². The third kappa shape index (κ3) is 5.29. The predicted molar refractivity (Wildman–Crippen MR) is 59.4 cm³/mol. The van der Waals surface area contributed by atoms with Crippen LogP contribution in [0.5, 0.6) is 0 Å². The maximum atomic E-state index is 12.8. The molecule has 0 saturated carbocycles. The molecular weight excluding hydrogens is 228 g/mol. The molecule has 0 aliphatic carbocycles. The summed E-state index contributed by atoms with van der Waals surface area (Å²) in [5.74, 6) is -1.35. The number of halogens is 2. The maximum Gasteiger partial charge on any atom is 0.407 e. The summed E-state index contributed by atoms with van der Waals surface area (Å²) in [6.45, 7) is 5.21. The van der Waals surface area contributed by atoms with E-state index < -0.39 is 23.3 Å². The van der Waals surface area contributed by atoms with Gasteiger partial charge in [0.15, 0.2) is 0 Å². The molecule has 0 aliphatic heterocycles. The van der Waals surface area contributed by atoms with Crippen molar-refractivity contribution in [3.63, 3.8) is 0 Å².